The molecule has 0 aliphatic carbocycles. The van der Waals surface area contributed by atoms with E-state index in [9.17, 15) is 18.0 Å². The Morgan fingerprint density at radius 2 is 1.64 bits per heavy atom. The molecule has 3 N–H and O–H groups in total. The number of halogens is 1. The highest BCUT2D eigenvalue weighted by Gasteiger charge is 2.18. The Morgan fingerprint density at radius 1 is 0.893 bits per heavy atom. The van der Waals surface area contributed by atoms with Crippen LogP contribution in [0.1, 0.15) is 20.0 Å². The molecule has 0 saturated carbocycles. The van der Waals surface area contributed by atoms with Crippen LogP contribution in [0.15, 0.2) is 70.9 Å². The molecule has 144 valence electrons. The van der Waals surface area contributed by atoms with Crippen molar-refractivity contribution in [2.24, 2.45) is 0 Å². The summed E-state index contributed by atoms with van der Waals surface area (Å²) >= 11 is 7.21. The summed E-state index contributed by atoms with van der Waals surface area (Å²) < 4.78 is 27.5. The summed E-state index contributed by atoms with van der Waals surface area (Å²) in [6.45, 7) is 0. The first-order chi connectivity index (χ1) is 13.4. The number of thiophene rings is 1. The van der Waals surface area contributed by atoms with Gasteiger partial charge in [0.15, 0.2) is 0 Å². The summed E-state index contributed by atoms with van der Waals surface area (Å²) in [6.07, 6.45) is 0. The fourth-order valence-corrected chi connectivity index (χ4v) is 4.19. The quantitative estimate of drug-likeness (QED) is 0.535. The minimum atomic E-state index is -3.96. The predicted octanol–water partition coefficient (Wildman–Crippen LogP) is 3.28. The Hall–Kier alpha value is -2.88. The van der Waals surface area contributed by atoms with E-state index in [1.165, 1.54) is 41.7 Å². The van der Waals surface area contributed by atoms with E-state index in [0.717, 1.165) is 0 Å². The fraction of sp³-hybridized carbons (Fsp3) is 0. The minimum Gasteiger partial charge on any atom is -0.278 e. The first kappa shape index (κ1) is 19.9. The Labute approximate surface area is 170 Å². The summed E-state index contributed by atoms with van der Waals surface area (Å²) in [4.78, 5) is 24.4. The highest BCUT2D eigenvalue weighted by Crippen LogP contribution is 2.24. The number of nitrogens with one attached hydrogen (secondary N) is 3. The Morgan fingerprint density at radius 3 is 2.36 bits per heavy atom. The van der Waals surface area contributed by atoms with Gasteiger partial charge in [0.05, 0.1) is 20.5 Å². The molecule has 28 heavy (non-hydrogen) atoms. The van der Waals surface area contributed by atoms with Crippen molar-refractivity contribution < 1.29 is 18.0 Å². The third-order valence-electron chi connectivity index (χ3n) is 3.56. The molecular weight excluding hydrogens is 422 g/mol. The molecule has 7 nitrogen and oxygen atoms in total. The summed E-state index contributed by atoms with van der Waals surface area (Å²) in [5.41, 5.74) is 4.82. The zero-order chi connectivity index (χ0) is 20.1. The molecule has 0 aliphatic heterocycles. The van der Waals surface area contributed by atoms with Crippen molar-refractivity contribution in [3.05, 3.63) is 81.5 Å². The predicted molar refractivity (Wildman–Crippen MR) is 108 cm³/mol. The van der Waals surface area contributed by atoms with Gasteiger partial charge in [0.2, 0.25) is 0 Å². The van der Waals surface area contributed by atoms with E-state index in [2.05, 4.69) is 15.6 Å². The summed E-state index contributed by atoms with van der Waals surface area (Å²) in [7, 11) is -3.96. The zero-order valence-electron chi connectivity index (χ0n) is 14.2. The number of amides is 2. The molecule has 3 rings (SSSR count). The maximum atomic E-state index is 12.6. The number of para-hydroxylation sites is 1. The SMILES string of the molecule is O=C(NNC(=O)c1cccs1)c1cccc(S(=O)(=O)Nc2ccccc2Cl)c1. The summed E-state index contributed by atoms with van der Waals surface area (Å²) in [5, 5.41) is 1.98. The molecule has 0 spiro atoms. The van der Waals surface area contributed by atoms with Gasteiger partial charge in [-0.2, -0.15) is 0 Å². The lowest BCUT2D eigenvalue weighted by Gasteiger charge is -2.11. The number of anilines is 1. The molecule has 2 amide bonds. The van der Waals surface area contributed by atoms with Crippen LogP contribution >= 0.6 is 22.9 Å². The number of carbonyl (C=O) groups is 2. The van der Waals surface area contributed by atoms with Gasteiger partial charge in [-0.3, -0.25) is 25.2 Å². The second-order valence-corrected chi connectivity index (χ2v) is 8.54. The van der Waals surface area contributed by atoms with Crippen LogP contribution in [0.25, 0.3) is 0 Å². The minimum absolute atomic E-state index is 0.0634. The number of hydrogen-bond donors (Lipinski definition) is 3. The van der Waals surface area contributed by atoms with Gasteiger partial charge < -0.3 is 0 Å². The Bertz CT molecular complexity index is 1120. The third kappa shape index (κ3) is 4.69. The molecule has 3 aromatic rings. The second kappa shape index (κ2) is 8.42. The van der Waals surface area contributed by atoms with Crippen LogP contribution in [-0.2, 0) is 10.0 Å². The van der Waals surface area contributed by atoms with E-state index in [1.54, 1.807) is 35.7 Å². The number of rotatable bonds is 5. The second-order valence-electron chi connectivity index (χ2n) is 5.50. The van der Waals surface area contributed by atoms with Crippen molar-refractivity contribution in [3.8, 4) is 0 Å². The van der Waals surface area contributed by atoms with Crippen molar-refractivity contribution >= 4 is 50.5 Å². The molecule has 0 radical (unpaired) electrons. The van der Waals surface area contributed by atoms with Gasteiger partial charge in [-0.25, -0.2) is 8.42 Å². The normalized spacial score (nSPS) is 10.9. The molecule has 0 atom stereocenters. The number of hydrogen-bond acceptors (Lipinski definition) is 5. The first-order valence-electron chi connectivity index (χ1n) is 7.88. The Kier molecular flexibility index (Phi) is 5.98. The van der Waals surface area contributed by atoms with Gasteiger partial charge in [-0.15, -0.1) is 11.3 Å². The number of benzene rings is 2. The average Bonchev–Trinajstić information content (AvgIpc) is 3.22. The Balaban J connectivity index is 1.73. The van der Waals surface area contributed by atoms with Crippen LogP contribution in [0.4, 0.5) is 5.69 Å². The maximum absolute atomic E-state index is 12.6. The van der Waals surface area contributed by atoms with E-state index >= 15 is 0 Å². The van der Waals surface area contributed by atoms with E-state index < -0.39 is 21.8 Å². The van der Waals surface area contributed by atoms with Crippen molar-refractivity contribution in [1.82, 2.24) is 10.9 Å². The van der Waals surface area contributed by atoms with Crippen molar-refractivity contribution in [2.45, 2.75) is 4.90 Å². The van der Waals surface area contributed by atoms with Crippen LogP contribution in [-0.4, -0.2) is 20.2 Å². The molecule has 10 heteroatoms. The van der Waals surface area contributed by atoms with E-state index in [-0.39, 0.29) is 21.2 Å². The highest BCUT2D eigenvalue weighted by atomic mass is 35.5. The van der Waals surface area contributed by atoms with Gasteiger partial charge in [0.1, 0.15) is 0 Å². The van der Waals surface area contributed by atoms with Crippen molar-refractivity contribution in [2.75, 3.05) is 4.72 Å². The molecule has 2 aromatic carbocycles. The third-order valence-corrected chi connectivity index (χ3v) is 6.12. The molecule has 0 aliphatic rings. The van der Waals surface area contributed by atoms with Gasteiger partial charge in [-0.05, 0) is 41.8 Å². The first-order valence-corrected chi connectivity index (χ1v) is 10.6. The lowest BCUT2D eigenvalue weighted by Crippen LogP contribution is -2.41. The van der Waals surface area contributed by atoms with Crippen molar-refractivity contribution in [3.63, 3.8) is 0 Å². The van der Waals surface area contributed by atoms with Crippen LogP contribution in [0.5, 0.6) is 0 Å². The monoisotopic (exact) mass is 435 g/mol. The average molecular weight is 436 g/mol. The molecule has 0 bridgehead atoms. The molecule has 1 heterocycles. The smallest absolute Gasteiger partial charge is 0.278 e. The van der Waals surface area contributed by atoms with Gasteiger partial charge in [0, 0.05) is 5.56 Å². The maximum Gasteiger partial charge on any atom is 0.279 e. The number of carbonyl (C=O) groups excluding carboxylic acids is 2. The highest BCUT2D eigenvalue weighted by molar-refractivity contribution is 7.92. The van der Waals surface area contributed by atoms with E-state index in [1.807, 2.05) is 0 Å². The van der Waals surface area contributed by atoms with Crippen molar-refractivity contribution in [1.29, 1.82) is 0 Å². The van der Waals surface area contributed by atoms with Gasteiger partial charge >= 0.3 is 0 Å². The largest absolute Gasteiger partial charge is 0.279 e. The molecule has 0 saturated heterocycles. The fourth-order valence-electron chi connectivity index (χ4n) is 2.21. The van der Waals surface area contributed by atoms with Gasteiger partial charge in [0.25, 0.3) is 21.8 Å². The van der Waals surface area contributed by atoms with E-state index in [0.29, 0.717) is 4.88 Å². The zero-order valence-corrected chi connectivity index (χ0v) is 16.6. The van der Waals surface area contributed by atoms with E-state index in [4.69, 9.17) is 11.6 Å². The molecular formula is C18H14ClN3O4S2. The molecule has 1 aromatic heterocycles. The van der Waals surface area contributed by atoms with Crippen LogP contribution in [0, 0.1) is 0 Å². The summed E-state index contributed by atoms with van der Waals surface area (Å²) in [5.74, 6) is -1.12. The molecule has 0 unspecified atom stereocenters. The van der Waals surface area contributed by atoms with Crippen LogP contribution < -0.4 is 15.6 Å². The lowest BCUT2D eigenvalue weighted by molar-refractivity contribution is 0.0849. The number of hydrazine groups is 1. The van der Waals surface area contributed by atoms with Crippen LogP contribution in [0.3, 0.4) is 0 Å². The number of sulfonamides is 1. The summed E-state index contributed by atoms with van der Waals surface area (Å²) in [6, 6.07) is 15.1. The topological polar surface area (TPSA) is 104 Å². The van der Waals surface area contributed by atoms with Crippen LogP contribution in [0.2, 0.25) is 5.02 Å². The standard InChI is InChI=1S/C18H14ClN3O4S2/c19-14-7-1-2-8-15(14)22-28(25,26)13-6-3-5-12(11-13)17(23)20-21-18(24)16-9-4-10-27-16/h1-11,22H,(H,20,23)(H,21,24). The van der Waals surface area contributed by atoms with Gasteiger partial charge in [-0.1, -0.05) is 35.9 Å². The lowest BCUT2D eigenvalue weighted by atomic mass is 10.2. The molecule has 0 fully saturated rings.